The van der Waals surface area contributed by atoms with Gasteiger partial charge in [0, 0.05) is 22.8 Å². The van der Waals surface area contributed by atoms with Crippen LogP contribution in [0.4, 0.5) is 0 Å². The summed E-state index contributed by atoms with van der Waals surface area (Å²) >= 11 is 12.0. The first-order valence-corrected chi connectivity index (χ1v) is 8.76. The summed E-state index contributed by atoms with van der Waals surface area (Å²) in [5.74, 6) is -0.302. The van der Waals surface area contributed by atoms with E-state index in [1.807, 2.05) is 24.3 Å². The highest BCUT2D eigenvalue weighted by Gasteiger charge is 2.13. The average molecular weight is 390 g/mol. The van der Waals surface area contributed by atoms with Crippen molar-refractivity contribution in [3.63, 3.8) is 0 Å². The van der Waals surface area contributed by atoms with Crippen LogP contribution >= 0.6 is 23.2 Å². The van der Waals surface area contributed by atoms with Crippen molar-refractivity contribution in [3.8, 4) is 0 Å². The third kappa shape index (κ3) is 4.64. The quantitative estimate of drug-likeness (QED) is 0.675. The van der Waals surface area contributed by atoms with Crippen LogP contribution in [0.1, 0.15) is 27.6 Å². The summed E-state index contributed by atoms with van der Waals surface area (Å²) in [7, 11) is 0. The lowest BCUT2D eigenvalue weighted by atomic mass is 10.1. The average Bonchev–Trinajstić information content (AvgIpc) is 3.10. The second kappa shape index (κ2) is 8.36. The Labute approximate surface area is 161 Å². The van der Waals surface area contributed by atoms with Crippen molar-refractivity contribution in [3.05, 3.63) is 87.7 Å². The van der Waals surface area contributed by atoms with E-state index >= 15 is 0 Å². The molecule has 0 spiro atoms. The van der Waals surface area contributed by atoms with Gasteiger partial charge in [0.2, 0.25) is 0 Å². The first kappa shape index (κ1) is 18.5. The summed E-state index contributed by atoms with van der Waals surface area (Å²) in [6, 6.07) is 14.3. The topological polar surface area (TPSA) is 67.2 Å². The van der Waals surface area contributed by atoms with Gasteiger partial charge in [-0.2, -0.15) is 5.10 Å². The minimum Gasteiger partial charge on any atom is -0.387 e. The molecule has 1 heterocycles. The van der Waals surface area contributed by atoms with Gasteiger partial charge in [0.1, 0.15) is 0 Å². The molecule has 0 fully saturated rings. The van der Waals surface area contributed by atoms with E-state index in [1.54, 1.807) is 35.1 Å². The number of carbonyl (C=O) groups is 1. The van der Waals surface area contributed by atoms with Crippen LogP contribution in [0, 0.1) is 0 Å². The molecule has 0 aliphatic carbocycles. The normalized spacial score (nSPS) is 12.0. The molecule has 1 atom stereocenters. The van der Waals surface area contributed by atoms with Gasteiger partial charge in [0.05, 0.1) is 24.4 Å². The maximum Gasteiger partial charge on any atom is 0.254 e. The first-order chi connectivity index (χ1) is 12.5. The Hall–Kier alpha value is -2.34. The number of hydrogen-bond acceptors (Lipinski definition) is 3. The van der Waals surface area contributed by atoms with Crippen molar-refractivity contribution < 1.29 is 9.90 Å². The minimum absolute atomic E-state index is 0.0934. The van der Waals surface area contributed by atoms with Crippen molar-refractivity contribution >= 4 is 29.1 Å². The SMILES string of the molecule is O=C(NC[C@H](O)c1ccc(Cl)cc1)c1cnn(Cc2ccccc2Cl)c1. The highest BCUT2D eigenvalue weighted by atomic mass is 35.5. The van der Waals surface area contributed by atoms with E-state index in [0.717, 1.165) is 5.56 Å². The van der Waals surface area contributed by atoms with Gasteiger partial charge in [-0.15, -0.1) is 0 Å². The van der Waals surface area contributed by atoms with Gasteiger partial charge in [-0.1, -0.05) is 53.5 Å². The zero-order valence-corrected chi connectivity index (χ0v) is 15.3. The van der Waals surface area contributed by atoms with Crippen molar-refractivity contribution in [1.29, 1.82) is 0 Å². The molecule has 134 valence electrons. The number of aliphatic hydroxyl groups excluding tert-OH is 1. The predicted molar refractivity (Wildman–Crippen MR) is 102 cm³/mol. The van der Waals surface area contributed by atoms with Crippen LogP contribution in [0.25, 0.3) is 0 Å². The zero-order valence-electron chi connectivity index (χ0n) is 13.8. The Kier molecular flexibility index (Phi) is 5.93. The number of benzene rings is 2. The summed E-state index contributed by atoms with van der Waals surface area (Å²) in [4.78, 5) is 12.2. The second-order valence-electron chi connectivity index (χ2n) is 5.80. The summed E-state index contributed by atoms with van der Waals surface area (Å²) in [5, 5.41) is 18.3. The van der Waals surface area contributed by atoms with Gasteiger partial charge in [-0.25, -0.2) is 0 Å². The predicted octanol–water partition coefficient (Wildman–Crippen LogP) is 3.70. The molecule has 0 unspecified atom stereocenters. The molecule has 2 N–H and O–H groups in total. The van der Waals surface area contributed by atoms with E-state index in [-0.39, 0.29) is 12.5 Å². The Morgan fingerprint density at radius 1 is 1.15 bits per heavy atom. The van der Waals surface area contributed by atoms with Crippen molar-refractivity contribution in [2.24, 2.45) is 0 Å². The Balaban J connectivity index is 1.58. The van der Waals surface area contributed by atoms with E-state index in [1.165, 1.54) is 6.20 Å². The number of amides is 1. The Morgan fingerprint density at radius 2 is 1.88 bits per heavy atom. The highest BCUT2D eigenvalue weighted by Crippen LogP contribution is 2.17. The number of carbonyl (C=O) groups excluding carboxylic acids is 1. The van der Waals surface area contributed by atoms with Gasteiger partial charge in [-0.05, 0) is 29.3 Å². The number of halogens is 2. The lowest BCUT2D eigenvalue weighted by molar-refractivity contribution is 0.0916. The van der Waals surface area contributed by atoms with E-state index in [9.17, 15) is 9.90 Å². The van der Waals surface area contributed by atoms with E-state index in [2.05, 4.69) is 10.4 Å². The van der Waals surface area contributed by atoms with E-state index in [0.29, 0.717) is 27.7 Å². The van der Waals surface area contributed by atoms with E-state index in [4.69, 9.17) is 23.2 Å². The minimum atomic E-state index is -0.811. The van der Waals surface area contributed by atoms with Crippen LogP contribution < -0.4 is 5.32 Å². The van der Waals surface area contributed by atoms with Crippen molar-refractivity contribution in [2.45, 2.75) is 12.6 Å². The van der Waals surface area contributed by atoms with Crippen LogP contribution in [-0.2, 0) is 6.54 Å². The van der Waals surface area contributed by atoms with Crippen molar-refractivity contribution in [2.75, 3.05) is 6.54 Å². The summed E-state index contributed by atoms with van der Waals surface area (Å²) in [5.41, 5.74) is 2.02. The number of nitrogens with one attached hydrogen (secondary N) is 1. The van der Waals surface area contributed by atoms with Crippen LogP contribution in [0.3, 0.4) is 0 Å². The Morgan fingerprint density at radius 3 is 2.62 bits per heavy atom. The molecule has 2 aromatic carbocycles. The van der Waals surface area contributed by atoms with Gasteiger partial charge in [0.25, 0.3) is 5.91 Å². The lowest BCUT2D eigenvalue weighted by Gasteiger charge is -2.11. The van der Waals surface area contributed by atoms with Gasteiger partial charge in [-0.3, -0.25) is 9.48 Å². The molecule has 3 aromatic rings. The second-order valence-corrected chi connectivity index (χ2v) is 6.64. The zero-order chi connectivity index (χ0) is 18.5. The van der Waals surface area contributed by atoms with Gasteiger partial charge in [0.15, 0.2) is 0 Å². The molecule has 3 rings (SSSR count). The number of aliphatic hydroxyl groups is 1. The smallest absolute Gasteiger partial charge is 0.254 e. The maximum atomic E-state index is 12.2. The number of aromatic nitrogens is 2. The number of rotatable bonds is 6. The van der Waals surface area contributed by atoms with Gasteiger partial charge < -0.3 is 10.4 Å². The first-order valence-electron chi connectivity index (χ1n) is 8.00. The fourth-order valence-corrected chi connectivity index (χ4v) is 2.78. The largest absolute Gasteiger partial charge is 0.387 e. The van der Waals surface area contributed by atoms with E-state index < -0.39 is 6.10 Å². The monoisotopic (exact) mass is 389 g/mol. The molecule has 0 saturated heterocycles. The Bertz CT molecular complexity index is 894. The lowest BCUT2D eigenvalue weighted by Crippen LogP contribution is -2.28. The number of hydrogen-bond donors (Lipinski definition) is 2. The summed E-state index contributed by atoms with van der Waals surface area (Å²) in [6.45, 7) is 0.566. The molecular formula is C19H17Cl2N3O2. The third-order valence-corrected chi connectivity index (χ3v) is 4.52. The fourth-order valence-electron chi connectivity index (χ4n) is 2.46. The maximum absolute atomic E-state index is 12.2. The highest BCUT2D eigenvalue weighted by molar-refractivity contribution is 6.31. The third-order valence-electron chi connectivity index (χ3n) is 3.90. The van der Waals surface area contributed by atoms with Crippen LogP contribution in [0.5, 0.6) is 0 Å². The molecule has 0 aliphatic heterocycles. The fraction of sp³-hybridized carbons (Fsp3) is 0.158. The molecule has 1 aromatic heterocycles. The van der Waals surface area contributed by atoms with Crippen LogP contribution in [0.15, 0.2) is 60.9 Å². The van der Waals surface area contributed by atoms with Crippen LogP contribution in [-0.4, -0.2) is 27.3 Å². The molecule has 1 amide bonds. The molecule has 0 radical (unpaired) electrons. The molecule has 26 heavy (non-hydrogen) atoms. The molecule has 5 nitrogen and oxygen atoms in total. The molecule has 0 aliphatic rings. The van der Waals surface area contributed by atoms with Crippen LogP contribution in [0.2, 0.25) is 10.0 Å². The molecule has 0 bridgehead atoms. The molecule has 0 saturated carbocycles. The number of nitrogens with zero attached hydrogens (tertiary/aromatic N) is 2. The van der Waals surface area contributed by atoms with Gasteiger partial charge >= 0.3 is 0 Å². The molecule has 7 heteroatoms. The standard InChI is InChI=1S/C19H17Cl2N3O2/c20-16-7-5-13(6-8-16)18(25)10-22-19(26)15-9-23-24(12-15)11-14-3-1-2-4-17(14)21/h1-9,12,18,25H,10-11H2,(H,22,26)/t18-/m0/s1. The summed E-state index contributed by atoms with van der Waals surface area (Å²) in [6.07, 6.45) is 2.32. The van der Waals surface area contributed by atoms with Crippen molar-refractivity contribution in [1.82, 2.24) is 15.1 Å². The molecular weight excluding hydrogens is 373 g/mol. The summed E-state index contributed by atoms with van der Waals surface area (Å²) < 4.78 is 1.64.